The molecular weight excluding hydrogens is 390 g/mol. The summed E-state index contributed by atoms with van der Waals surface area (Å²) >= 11 is 0. The molecule has 160 valence electrons. The lowest BCUT2D eigenvalue weighted by atomic mass is 9.95. The minimum absolute atomic E-state index is 0.0902. The van der Waals surface area contributed by atoms with Gasteiger partial charge >= 0.3 is 0 Å². The summed E-state index contributed by atoms with van der Waals surface area (Å²) in [5.41, 5.74) is 0.741. The molecule has 7 nitrogen and oxygen atoms in total. The minimum Gasteiger partial charge on any atom is -0.341 e. The van der Waals surface area contributed by atoms with Gasteiger partial charge in [0.15, 0.2) is 0 Å². The van der Waals surface area contributed by atoms with E-state index in [-0.39, 0.29) is 23.5 Å². The Morgan fingerprint density at radius 3 is 2.59 bits per heavy atom. The quantitative estimate of drug-likeness (QED) is 0.733. The second kappa shape index (κ2) is 9.71. The Morgan fingerprint density at radius 2 is 1.93 bits per heavy atom. The third-order valence-corrected chi connectivity index (χ3v) is 7.70. The van der Waals surface area contributed by atoms with Crippen molar-refractivity contribution >= 4 is 27.5 Å². The maximum atomic E-state index is 13.3. The highest BCUT2D eigenvalue weighted by Crippen LogP contribution is 2.25. The van der Waals surface area contributed by atoms with Crippen molar-refractivity contribution in [1.82, 2.24) is 9.21 Å². The Kier molecular flexibility index (Phi) is 7.29. The van der Waals surface area contributed by atoms with Gasteiger partial charge in [-0.05, 0) is 37.8 Å². The Hall–Kier alpha value is -1.93. The molecule has 1 N–H and O–H groups in total. The first-order valence-electron chi connectivity index (χ1n) is 10.6. The number of likely N-dealkylation sites (tertiary alicyclic amines) is 1. The molecule has 2 aliphatic rings. The highest BCUT2D eigenvalue weighted by atomic mass is 32.2. The van der Waals surface area contributed by atoms with Gasteiger partial charge in [0.05, 0.1) is 11.7 Å². The van der Waals surface area contributed by atoms with Crippen LogP contribution in [0.1, 0.15) is 45.4 Å². The Labute approximate surface area is 173 Å². The van der Waals surface area contributed by atoms with Crippen LogP contribution in [0.2, 0.25) is 0 Å². The number of amides is 2. The van der Waals surface area contributed by atoms with E-state index < -0.39 is 16.1 Å². The van der Waals surface area contributed by atoms with E-state index in [9.17, 15) is 18.0 Å². The molecule has 0 bridgehead atoms. The topological polar surface area (TPSA) is 86.8 Å². The zero-order chi connectivity index (χ0) is 20.9. The van der Waals surface area contributed by atoms with E-state index >= 15 is 0 Å². The number of hydrogen-bond acceptors (Lipinski definition) is 4. The number of rotatable bonds is 7. The van der Waals surface area contributed by atoms with Crippen LogP contribution >= 0.6 is 0 Å². The predicted molar refractivity (Wildman–Crippen MR) is 113 cm³/mol. The van der Waals surface area contributed by atoms with Gasteiger partial charge in [-0.15, -0.1) is 0 Å². The van der Waals surface area contributed by atoms with Gasteiger partial charge in [-0.2, -0.15) is 4.31 Å². The van der Waals surface area contributed by atoms with Crippen molar-refractivity contribution < 1.29 is 18.0 Å². The largest absolute Gasteiger partial charge is 0.341 e. The van der Waals surface area contributed by atoms with Crippen LogP contribution in [0.4, 0.5) is 5.69 Å². The summed E-state index contributed by atoms with van der Waals surface area (Å²) in [5.74, 6) is -0.408. The van der Waals surface area contributed by atoms with Crippen LogP contribution in [0, 0.1) is 5.92 Å². The number of benzene rings is 1. The van der Waals surface area contributed by atoms with E-state index in [1.807, 2.05) is 37.3 Å². The fourth-order valence-electron chi connectivity index (χ4n) is 4.16. The molecular formula is C21H31N3O4S. The van der Waals surface area contributed by atoms with Crippen LogP contribution in [-0.4, -0.2) is 60.9 Å². The first kappa shape index (κ1) is 21.8. The minimum atomic E-state index is -3.36. The van der Waals surface area contributed by atoms with Crippen LogP contribution in [-0.2, 0) is 19.6 Å². The Balaban J connectivity index is 1.68. The van der Waals surface area contributed by atoms with Crippen molar-refractivity contribution in [3.8, 4) is 0 Å². The van der Waals surface area contributed by atoms with E-state index in [0.717, 1.165) is 31.4 Å². The molecule has 0 spiro atoms. The number of nitrogens with one attached hydrogen (secondary N) is 1. The second-order valence-corrected chi connectivity index (χ2v) is 9.96. The summed E-state index contributed by atoms with van der Waals surface area (Å²) in [4.78, 5) is 27.7. The highest BCUT2D eigenvalue weighted by Gasteiger charge is 2.40. The van der Waals surface area contributed by atoms with Crippen molar-refractivity contribution in [2.24, 2.45) is 5.92 Å². The van der Waals surface area contributed by atoms with Crippen molar-refractivity contribution in [2.45, 2.75) is 51.5 Å². The summed E-state index contributed by atoms with van der Waals surface area (Å²) in [6.07, 6.45) is 4.27. The second-order valence-electron chi connectivity index (χ2n) is 7.92. The molecule has 2 aliphatic heterocycles. The van der Waals surface area contributed by atoms with Crippen LogP contribution < -0.4 is 5.32 Å². The zero-order valence-electron chi connectivity index (χ0n) is 17.0. The fourth-order valence-corrected chi connectivity index (χ4v) is 5.88. The zero-order valence-corrected chi connectivity index (χ0v) is 17.9. The maximum Gasteiger partial charge on any atom is 0.241 e. The molecule has 2 fully saturated rings. The number of hydrogen-bond donors (Lipinski definition) is 1. The summed E-state index contributed by atoms with van der Waals surface area (Å²) < 4.78 is 26.2. The molecule has 0 unspecified atom stereocenters. The van der Waals surface area contributed by atoms with Crippen LogP contribution in [0.3, 0.4) is 0 Å². The molecule has 2 saturated heterocycles. The van der Waals surface area contributed by atoms with E-state index in [1.165, 1.54) is 4.31 Å². The number of unbranched alkanes of at least 4 members (excludes halogenated alkanes) is 1. The molecule has 2 amide bonds. The van der Waals surface area contributed by atoms with Crippen LogP contribution in [0.15, 0.2) is 30.3 Å². The van der Waals surface area contributed by atoms with Crippen molar-refractivity contribution in [3.63, 3.8) is 0 Å². The third-order valence-electron chi connectivity index (χ3n) is 5.75. The molecule has 1 aromatic carbocycles. The molecule has 3 rings (SSSR count). The molecule has 0 aromatic heterocycles. The highest BCUT2D eigenvalue weighted by molar-refractivity contribution is 7.89. The summed E-state index contributed by atoms with van der Waals surface area (Å²) in [6.45, 7) is 3.36. The Morgan fingerprint density at radius 1 is 1.17 bits per heavy atom. The van der Waals surface area contributed by atoms with Gasteiger partial charge in [0, 0.05) is 25.3 Å². The molecule has 29 heavy (non-hydrogen) atoms. The van der Waals surface area contributed by atoms with E-state index in [2.05, 4.69) is 5.32 Å². The SMILES string of the molecule is CCCC[C@@H](C(=O)N1CCC[C@@H](C(=O)Nc2ccccc2)C1)N1CCCS1(=O)=O. The molecule has 8 heteroatoms. The number of para-hydroxylation sites is 1. The number of sulfonamides is 1. The summed E-state index contributed by atoms with van der Waals surface area (Å²) in [5, 5.41) is 2.92. The lowest BCUT2D eigenvalue weighted by molar-refractivity contribution is -0.138. The monoisotopic (exact) mass is 421 g/mol. The number of carbonyl (C=O) groups is 2. The number of carbonyl (C=O) groups excluding carboxylic acids is 2. The maximum absolute atomic E-state index is 13.3. The van der Waals surface area contributed by atoms with E-state index in [4.69, 9.17) is 0 Å². The average Bonchev–Trinajstić information content (AvgIpc) is 3.08. The molecule has 0 aliphatic carbocycles. The molecule has 2 heterocycles. The van der Waals surface area contributed by atoms with Crippen molar-refractivity contribution in [2.75, 3.05) is 30.7 Å². The van der Waals surface area contributed by atoms with E-state index in [0.29, 0.717) is 32.5 Å². The summed E-state index contributed by atoms with van der Waals surface area (Å²) in [7, 11) is -3.36. The molecule has 2 atom stereocenters. The number of nitrogens with zero attached hydrogens (tertiary/aromatic N) is 2. The van der Waals surface area contributed by atoms with Gasteiger partial charge in [0.2, 0.25) is 21.8 Å². The van der Waals surface area contributed by atoms with Gasteiger partial charge in [0.25, 0.3) is 0 Å². The predicted octanol–water partition coefficient (Wildman–Crippen LogP) is 2.46. The van der Waals surface area contributed by atoms with Gasteiger partial charge < -0.3 is 10.2 Å². The van der Waals surface area contributed by atoms with Crippen LogP contribution in [0.5, 0.6) is 0 Å². The smallest absolute Gasteiger partial charge is 0.241 e. The standard InChI is InChI=1S/C21H31N3O4S/c1-2-3-12-19(24-14-8-15-29(24,27)28)21(26)23-13-7-9-17(16-23)20(25)22-18-10-5-4-6-11-18/h4-6,10-11,17,19H,2-3,7-9,12-16H2,1H3,(H,22,25)/t17-,19+/m1/s1. The first-order chi connectivity index (χ1) is 13.9. The summed E-state index contributed by atoms with van der Waals surface area (Å²) in [6, 6.07) is 8.64. The third kappa shape index (κ3) is 5.36. The van der Waals surface area contributed by atoms with E-state index in [1.54, 1.807) is 4.90 Å². The fraction of sp³-hybridized carbons (Fsp3) is 0.619. The first-order valence-corrected chi connectivity index (χ1v) is 12.2. The van der Waals surface area contributed by atoms with Gasteiger partial charge in [0.1, 0.15) is 6.04 Å². The Bertz CT molecular complexity index is 812. The average molecular weight is 422 g/mol. The lowest BCUT2D eigenvalue weighted by Gasteiger charge is -2.36. The van der Waals surface area contributed by atoms with Gasteiger partial charge in [-0.25, -0.2) is 8.42 Å². The molecule has 1 aromatic rings. The van der Waals surface area contributed by atoms with Crippen molar-refractivity contribution in [3.05, 3.63) is 30.3 Å². The normalized spacial score (nSPS) is 22.9. The van der Waals surface area contributed by atoms with Crippen LogP contribution in [0.25, 0.3) is 0 Å². The van der Waals surface area contributed by atoms with Gasteiger partial charge in [-0.3, -0.25) is 9.59 Å². The lowest BCUT2D eigenvalue weighted by Crippen LogP contribution is -2.52. The number of anilines is 1. The van der Waals surface area contributed by atoms with Crippen molar-refractivity contribution in [1.29, 1.82) is 0 Å². The molecule has 0 saturated carbocycles. The number of piperidine rings is 1. The molecule has 0 radical (unpaired) electrons. The van der Waals surface area contributed by atoms with Gasteiger partial charge in [-0.1, -0.05) is 38.0 Å².